The second kappa shape index (κ2) is 2.71. The van der Waals surface area contributed by atoms with Gasteiger partial charge in [-0.05, 0) is 18.9 Å². The van der Waals surface area contributed by atoms with E-state index in [-0.39, 0.29) is 5.02 Å². The first kappa shape index (κ1) is 8.52. The van der Waals surface area contributed by atoms with Gasteiger partial charge in [0.25, 0.3) is 0 Å². The molecule has 0 bridgehead atoms. The Morgan fingerprint density at radius 3 is 2.69 bits per heavy atom. The molecule has 0 aliphatic heterocycles. The predicted molar refractivity (Wildman–Crippen MR) is 47.9 cm³/mol. The quantitative estimate of drug-likeness (QED) is 0.676. The van der Waals surface area contributed by atoms with Gasteiger partial charge in [0.1, 0.15) is 5.82 Å². The fraction of sp³-hybridized carbons (Fsp3) is 0.300. The number of rotatable bonds is 1. The molecule has 0 spiro atoms. The molecule has 1 aliphatic carbocycles. The summed E-state index contributed by atoms with van der Waals surface area (Å²) in [4.78, 5) is 0. The summed E-state index contributed by atoms with van der Waals surface area (Å²) in [6.45, 7) is 0. The molecule has 0 aromatic heterocycles. The van der Waals surface area contributed by atoms with Crippen molar-refractivity contribution in [2.24, 2.45) is 0 Å². The van der Waals surface area contributed by atoms with Crippen LogP contribution >= 0.6 is 11.6 Å². The standard InChI is InChI=1S/C10H7ClFN/c11-8-3-1-2-7(9(8)12)10(6-13)4-5-10/h1-3H,4-5H2. The molecule has 2 rings (SSSR count). The Morgan fingerprint density at radius 1 is 1.46 bits per heavy atom. The summed E-state index contributed by atoms with van der Waals surface area (Å²) in [6.07, 6.45) is 1.47. The maximum absolute atomic E-state index is 13.4. The number of nitriles is 1. The molecule has 13 heavy (non-hydrogen) atoms. The lowest BCUT2D eigenvalue weighted by Crippen LogP contribution is -2.05. The molecule has 0 saturated heterocycles. The van der Waals surface area contributed by atoms with Gasteiger partial charge in [0.15, 0.2) is 0 Å². The fourth-order valence-corrected chi connectivity index (χ4v) is 1.61. The van der Waals surface area contributed by atoms with Gasteiger partial charge in [0, 0.05) is 5.56 Å². The molecule has 0 heterocycles. The highest BCUT2D eigenvalue weighted by atomic mass is 35.5. The third kappa shape index (κ3) is 1.20. The Hall–Kier alpha value is -1.07. The maximum atomic E-state index is 13.4. The molecule has 1 aromatic carbocycles. The van der Waals surface area contributed by atoms with Gasteiger partial charge < -0.3 is 0 Å². The zero-order chi connectivity index (χ0) is 9.47. The van der Waals surface area contributed by atoms with Crippen LogP contribution in [0.1, 0.15) is 18.4 Å². The van der Waals surface area contributed by atoms with Crippen molar-refractivity contribution in [2.45, 2.75) is 18.3 Å². The van der Waals surface area contributed by atoms with Crippen LogP contribution in [0.15, 0.2) is 18.2 Å². The normalized spacial score (nSPS) is 17.9. The molecule has 0 atom stereocenters. The Morgan fingerprint density at radius 2 is 2.15 bits per heavy atom. The fourth-order valence-electron chi connectivity index (χ4n) is 1.44. The van der Waals surface area contributed by atoms with E-state index in [0.29, 0.717) is 5.56 Å². The Bertz CT molecular complexity index is 390. The first-order valence-corrected chi connectivity index (χ1v) is 4.43. The SMILES string of the molecule is N#CC1(c2cccc(Cl)c2F)CC1. The molecule has 0 radical (unpaired) electrons. The van der Waals surface area contributed by atoms with Crippen molar-refractivity contribution in [3.8, 4) is 6.07 Å². The average molecular weight is 196 g/mol. The van der Waals surface area contributed by atoms with Crippen LogP contribution in [0, 0.1) is 17.1 Å². The smallest absolute Gasteiger partial charge is 0.146 e. The number of halogens is 2. The number of benzene rings is 1. The van der Waals surface area contributed by atoms with E-state index in [0.717, 1.165) is 12.8 Å². The van der Waals surface area contributed by atoms with E-state index in [1.165, 1.54) is 6.07 Å². The molecule has 1 nitrogen and oxygen atoms in total. The van der Waals surface area contributed by atoms with E-state index >= 15 is 0 Å². The van der Waals surface area contributed by atoms with Crippen LogP contribution in [-0.4, -0.2) is 0 Å². The molecule has 0 amide bonds. The molecule has 1 aromatic rings. The van der Waals surface area contributed by atoms with Gasteiger partial charge in [-0.25, -0.2) is 4.39 Å². The highest BCUT2D eigenvalue weighted by Gasteiger charge is 2.46. The Labute approximate surface area is 80.7 Å². The summed E-state index contributed by atoms with van der Waals surface area (Å²) in [7, 11) is 0. The highest BCUT2D eigenvalue weighted by molar-refractivity contribution is 6.30. The van der Waals surface area contributed by atoms with Crippen molar-refractivity contribution in [2.75, 3.05) is 0 Å². The lowest BCUT2D eigenvalue weighted by atomic mass is 9.97. The molecule has 1 fully saturated rings. The van der Waals surface area contributed by atoms with Crippen molar-refractivity contribution in [3.63, 3.8) is 0 Å². The lowest BCUT2D eigenvalue weighted by molar-refractivity contribution is 0.600. The van der Waals surface area contributed by atoms with Gasteiger partial charge >= 0.3 is 0 Å². The number of hydrogen-bond acceptors (Lipinski definition) is 1. The minimum Gasteiger partial charge on any atom is -0.205 e. The topological polar surface area (TPSA) is 23.8 Å². The molecule has 0 N–H and O–H groups in total. The Balaban J connectivity index is 2.54. The largest absolute Gasteiger partial charge is 0.205 e. The molecule has 1 saturated carbocycles. The van der Waals surface area contributed by atoms with Crippen molar-refractivity contribution in [3.05, 3.63) is 34.6 Å². The number of hydrogen-bond donors (Lipinski definition) is 0. The van der Waals surface area contributed by atoms with Gasteiger partial charge in [-0.2, -0.15) is 5.26 Å². The van der Waals surface area contributed by atoms with Gasteiger partial charge in [-0.15, -0.1) is 0 Å². The van der Waals surface area contributed by atoms with Crippen molar-refractivity contribution < 1.29 is 4.39 Å². The molecular weight excluding hydrogens is 189 g/mol. The molecule has 0 unspecified atom stereocenters. The number of nitrogens with zero attached hydrogens (tertiary/aromatic N) is 1. The molecule has 66 valence electrons. The average Bonchev–Trinajstić information content (AvgIpc) is 2.90. The van der Waals surface area contributed by atoms with Crippen LogP contribution in [0.3, 0.4) is 0 Å². The minimum atomic E-state index is -0.588. The van der Waals surface area contributed by atoms with Gasteiger partial charge in [0.05, 0.1) is 16.5 Å². The minimum absolute atomic E-state index is 0.0963. The lowest BCUT2D eigenvalue weighted by Gasteiger charge is -2.07. The maximum Gasteiger partial charge on any atom is 0.146 e. The van der Waals surface area contributed by atoms with Crippen molar-refractivity contribution in [1.29, 1.82) is 5.26 Å². The predicted octanol–water partition coefficient (Wildman–Crippen LogP) is 3.03. The molecule has 1 aliphatic rings. The highest BCUT2D eigenvalue weighted by Crippen LogP contribution is 2.49. The third-order valence-electron chi connectivity index (χ3n) is 2.43. The second-order valence-corrected chi connectivity index (χ2v) is 3.70. The summed E-state index contributed by atoms with van der Waals surface area (Å²) >= 11 is 5.62. The van der Waals surface area contributed by atoms with Crippen LogP contribution in [0.4, 0.5) is 4.39 Å². The molecule has 3 heteroatoms. The van der Waals surface area contributed by atoms with Gasteiger partial charge in [-0.3, -0.25) is 0 Å². The van der Waals surface area contributed by atoms with Crippen molar-refractivity contribution >= 4 is 11.6 Å². The summed E-state index contributed by atoms with van der Waals surface area (Å²) in [5.74, 6) is -0.441. The first-order valence-electron chi connectivity index (χ1n) is 4.05. The van der Waals surface area contributed by atoms with Crippen LogP contribution in [0.25, 0.3) is 0 Å². The summed E-state index contributed by atoms with van der Waals surface area (Å²) < 4.78 is 13.4. The zero-order valence-corrected chi connectivity index (χ0v) is 7.61. The van der Waals surface area contributed by atoms with Crippen LogP contribution in [0.5, 0.6) is 0 Å². The van der Waals surface area contributed by atoms with E-state index < -0.39 is 11.2 Å². The van der Waals surface area contributed by atoms with Crippen LogP contribution in [-0.2, 0) is 5.41 Å². The van der Waals surface area contributed by atoms with E-state index in [4.69, 9.17) is 16.9 Å². The molecular formula is C10H7ClFN. The van der Waals surface area contributed by atoms with Gasteiger partial charge in [0.2, 0.25) is 0 Å². The van der Waals surface area contributed by atoms with Crippen molar-refractivity contribution in [1.82, 2.24) is 0 Å². The third-order valence-corrected chi connectivity index (χ3v) is 2.72. The monoisotopic (exact) mass is 195 g/mol. The second-order valence-electron chi connectivity index (χ2n) is 3.30. The van der Waals surface area contributed by atoms with E-state index in [2.05, 4.69) is 6.07 Å². The summed E-state index contributed by atoms with van der Waals surface area (Å²) in [5.41, 5.74) is -0.142. The zero-order valence-electron chi connectivity index (χ0n) is 6.85. The Kier molecular flexibility index (Phi) is 1.78. The van der Waals surface area contributed by atoms with Gasteiger partial charge in [-0.1, -0.05) is 23.7 Å². The van der Waals surface area contributed by atoms with E-state index in [9.17, 15) is 4.39 Å². The van der Waals surface area contributed by atoms with Crippen LogP contribution in [0.2, 0.25) is 5.02 Å². The summed E-state index contributed by atoms with van der Waals surface area (Å²) in [6, 6.07) is 6.95. The van der Waals surface area contributed by atoms with E-state index in [1.54, 1.807) is 12.1 Å². The first-order chi connectivity index (χ1) is 6.19. The van der Waals surface area contributed by atoms with Crippen LogP contribution < -0.4 is 0 Å². The summed E-state index contributed by atoms with van der Waals surface area (Å²) in [5, 5.41) is 8.96. The van der Waals surface area contributed by atoms with E-state index in [1.807, 2.05) is 0 Å².